The lowest BCUT2D eigenvalue weighted by atomic mass is 10.1. The molecule has 1 aromatic rings. The van der Waals surface area contributed by atoms with Gasteiger partial charge in [-0.2, -0.15) is 0 Å². The van der Waals surface area contributed by atoms with Crippen molar-refractivity contribution in [3.8, 4) is 0 Å². The number of halogens is 1. The van der Waals surface area contributed by atoms with Gasteiger partial charge in [0.2, 0.25) is 0 Å². The molecule has 1 aliphatic rings. The third kappa shape index (κ3) is 3.40. The first-order valence-corrected chi connectivity index (χ1v) is 6.65. The topological polar surface area (TPSA) is 55.4 Å². The number of carbonyl (C=O) groups excluding carboxylic acids is 2. The average Bonchev–Trinajstić information content (AvgIpc) is 2.90. The molecule has 0 unspecified atom stereocenters. The fourth-order valence-electron chi connectivity index (χ4n) is 1.84. The second-order valence-corrected chi connectivity index (χ2v) is 5.10. The van der Waals surface area contributed by atoms with E-state index in [2.05, 4.69) is 21.2 Å². The molecule has 5 heteroatoms. The van der Waals surface area contributed by atoms with Crippen LogP contribution in [0.4, 0.5) is 0 Å². The maximum atomic E-state index is 11.8. The van der Waals surface area contributed by atoms with Gasteiger partial charge in [-0.15, -0.1) is 0 Å². The zero-order valence-corrected chi connectivity index (χ0v) is 11.4. The Morgan fingerprint density at radius 1 is 1.33 bits per heavy atom. The molecule has 18 heavy (non-hydrogen) atoms. The Labute approximate surface area is 114 Å². The van der Waals surface area contributed by atoms with Crippen LogP contribution < -0.4 is 5.32 Å². The maximum absolute atomic E-state index is 11.8. The van der Waals surface area contributed by atoms with Crippen molar-refractivity contribution in [3.05, 3.63) is 34.3 Å². The summed E-state index contributed by atoms with van der Waals surface area (Å²) in [7, 11) is 0. The predicted molar refractivity (Wildman–Crippen MR) is 70.5 cm³/mol. The lowest BCUT2D eigenvalue weighted by molar-refractivity contribution is -0.144. The third-order valence-corrected chi connectivity index (χ3v) is 3.39. The van der Waals surface area contributed by atoms with E-state index in [4.69, 9.17) is 4.74 Å². The molecule has 0 aromatic heterocycles. The maximum Gasteiger partial charge on any atom is 0.323 e. The number of carbonyl (C=O) groups is 2. The van der Waals surface area contributed by atoms with Gasteiger partial charge in [0.1, 0.15) is 6.04 Å². The van der Waals surface area contributed by atoms with Crippen LogP contribution in [0.5, 0.6) is 0 Å². The summed E-state index contributed by atoms with van der Waals surface area (Å²) in [6, 6.07) is 6.73. The monoisotopic (exact) mass is 311 g/mol. The van der Waals surface area contributed by atoms with Gasteiger partial charge in [0, 0.05) is 10.0 Å². The van der Waals surface area contributed by atoms with Crippen molar-refractivity contribution in [2.45, 2.75) is 18.9 Å². The number of benzene rings is 1. The largest absolute Gasteiger partial charge is 0.456 e. The smallest absolute Gasteiger partial charge is 0.323 e. The highest BCUT2D eigenvalue weighted by Gasteiger charge is 2.24. The Morgan fingerprint density at radius 3 is 2.67 bits per heavy atom. The van der Waals surface area contributed by atoms with Crippen LogP contribution in [0.2, 0.25) is 0 Å². The molecule has 4 nitrogen and oxygen atoms in total. The molecule has 0 bridgehead atoms. The fourth-order valence-corrected chi connectivity index (χ4v) is 2.11. The highest BCUT2D eigenvalue weighted by atomic mass is 79.9. The summed E-state index contributed by atoms with van der Waals surface area (Å²) >= 11 is 3.30. The molecule has 2 rings (SSSR count). The number of rotatable bonds is 4. The van der Waals surface area contributed by atoms with Crippen LogP contribution in [0.1, 0.15) is 23.2 Å². The minimum Gasteiger partial charge on any atom is -0.456 e. The van der Waals surface area contributed by atoms with Crippen molar-refractivity contribution in [1.29, 1.82) is 0 Å². The molecule has 1 aromatic carbocycles. The fraction of sp³-hybridized carbons (Fsp3) is 0.385. The van der Waals surface area contributed by atoms with E-state index in [1.165, 1.54) is 0 Å². The van der Waals surface area contributed by atoms with Crippen molar-refractivity contribution in [2.75, 3.05) is 13.2 Å². The van der Waals surface area contributed by atoms with E-state index in [0.29, 0.717) is 5.56 Å². The molecule has 0 amide bonds. The number of hydrogen-bond donors (Lipinski definition) is 1. The Kier molecular flexibility index (Phi) is 4.49. The normalized spacial score (nSPS) is 18.6. The van der Waals surface area contributed by atoms with E-state index < -0.39 is 0 Å². The number of Topliss-reactive ketones (excluding diaryl/α,β-unsaturated/α-hetero) is 1. The van der Waals surface area contributed by atoms with E-state index in [9.17, 15) is 9.59 Å². The summed E-state index contributed by atoms with van der Waals surface area (Å²) in [6.45, 7) is 0.638. The molecule has 96 valence electrons. The van der Waals surface area contributed by atoms with Gasteiger partial charge in [-0.3, -0.25) is 9.59 Å². The minimum absolute atomic E-state index is 0.186. The minimum atomic E-state index is -0.335. The molecule has 1 fully saturated rings. The molecule has 0 radical (unpaired) electrons. The zero-order chi connectivity index (χ0) is 13.0. The first kappa shape index (κ1) is 13.2. The van der Waals surface area contributed by atoms with Gasteiger partial charge in [-0.25, -0.2) is 0 Å². The van der Waals surface area contributed by atoms with E-state index in [1.54, 1.807) is 24.3 Å². The van der Waals surface area contributed by atoms with Crippen molar-refractivity contribution >= 4 is 27.7 Å². The van der Waals surface area contributed by atoms with Crippen molar-refractivity contribution in [2.24, 2.45) is 0 Å². The van der Waals surface area contributed by atoms with Gasteiger partial charge < -0.3 is 10.1 Å². The number of ketones is 1. The summed E-state index contributed by atoms with van der Waals surface area (Å²) in [5, 5.41) is 3.04. The first-order valence-electron chi connectivity index (χ1n) is 5.85. The summed E-state index contributed by atoms with van der Waals surface area (Å²) in [5.41, 5.74) is 0.547. The van der Waals surface area contributed by atoms with Crippen molar-refractivity contribution in [3.63, 3.8) is 0 Å². The van der Waals surface area contributed by atoms with Crippen molar-refractivity contribution in [1.82, 2.24) is 5.32 Å². The summed E-state index contributed by atoms with van der Waals surface area (Å²) in [5.74, 6) is -0.521. The lowest BCUT2D eigenvalue weighted by Gasteiger charge is -2.09. The molecular weight excluding hydrogens is 298 g/mol. The Morgan fingerprint density at radius 2 is 2.06 bits per heavy atom. The molecule has 1 saturated heterocycles. The van der Waals surface area contributed by atoms with Gasteiger partial charge in [0.25, 0.3) is 0 Å². The number of esters is 1. The van der Waals surface area contributed by atoms with Crippen LogP contribution in [0.3, 0.4) is 0 Å². The molecule has 0 spiro atoms. The van der Waals surface area contributed by atoms with E-state index in [-0.39, 0.29) is 24.4 Å². The third-order valence-electron chi connectivity index (χ3n) is 2.86. The summed E-state index contributed by atoms with van der Waals surface area (Å²) in [4.78, 5) is 23.4. The number of hydrogen-bond acceptors (Lipinski definition) is 4. The van der Waals surface area contributed by atoms with Crippen molar-refractivity contribution < 1.29 is 14.3 Å². The summed E-state index contributed by atoms with van der Waals surface area (Å²) < 4.78 is 5.92. The Bertz CT molecular complexity index is 438. The molecule has 0 aliphatic carbocycles. The van der Waals surface area contributed by atoms with E-state index in [1.807, 2.05) is 0 Å². The predicted octanol–water partition coefficient (Wildman–Crippen LogP) is 1.93. The van der Waals surface area contributed by atoms with Crippen LogP contribution in [-0.2, 0) is 9.53 Å². The second-order valence-electron chi connectivity index (χ2n) is 4.19. The number of ether oxygens (including phenoxy) is 1. The first-order chi connectivity index (χ1) is 8.66. The van der Waals surface area contributed by atoms with Crippen LogP contribution >= 0.6 is 15.9 Å². The molecule has 1 aliphatic heterocycles. The van der Waals surface area contributed by atoms with Gasteiger partial charge in [0.05, 0.1) is 0 Å². The van der Waals surface area contributed by atoms with Crippen LogP contribution in [0.15, 0.2) is 28.7 Å². The van der Waals surface area contributed by atoms with Gasteiger partial charge in [-0.05, 0) is 31.5 Å². The van der Waals surface area contributed by atoms with E-state index >= 15 is 0 Å². The van der Waals surface area contributed by atoms with Gasteiger partial charge in [-0.1, -0.05) is 28.1 Å². The standard InChI is InChI=1S/C13H14BrNO3/c14-10-5-3-9(4-6-10)12(16)8-18-13(17)11-2-1-7-15-11/h3-6,11,15H,1-2,7-8H2/t11-/m0/s1. The Balaban J connectivity index is 1.84. The van der Waals surface area contributed by atoms with Crippen LogP contribution in [0.25, 0.3) is 0 Å². The highest BCUT2D eigenvalue weighted by molar-refractivity contribution is 9.10. The zero-order valence-electron chi connectivity index (χ0n) is 9.82. The second kappa shape index (κ2) is 6.11. The SMILES string of the molecule is O=C(COC(=O)[C@@H]1CCCN1)c1ccc(Br)cc1. The van der Waals surface area contributed by atoms with Crippen LogP contribution in [-0.4, -0.2) is 30.9 Å². The van der Waals surface area contributed by atoms with E-state index in [0.717, 1.165) is 23.9 Å². The van der Waals surface area contributed by atoms with Gasteiger partial charge in [0.15, 0.2) is 12.4 Å². The number of nitrogens with one attached hydrogen (secondary N) is 1. The average molecular weight is 312 g/mol. The molecule has 1 N–H and O–H groups in total. The Hall–Kier alpha value is -1.20. The van der Waals surface area contributed by atoms with Gasteiger partial charge >= 0.3 is 5.97 Å². The quantitative estimate of drug-likeness (QED) is 0.682. The molecule has 0 saturated carbocycles. The lowest BCUT2D eigenvalue weighted by Crippen LogP contribution is -2.33. The van der Waals surface area contributed by atoms with Crippen LogP contribution in [0, 0.1) is 0 Å². The highest BCUT2D eigenvalue weighted by Crippen LogP contribution is 2.11. The summed E-state index contributed by atoms with van der Waals surface area (Å²) in [6.07, 6.45) is 1.76. The molecule has 1 heterocycles. The molecule has 1 atom stereocenters. The molecular formula is C13H14BrNO3.